The Labute approximate surface area is 83.8 Å². The zero-order chi connectivity index (χ0) is 8.55. The third kappa shape index (κ3) is 1.32. The molecule has 0 unspecified atom stereocenters. The summed E-state index contributed by atoms with van der Waals surface area (Å²) in [6.45, 7) is 0. The molecule has 1 nitrogen and oxygen atoms in total. The molecule has 0 aliphatic carbocycles. The zero-order valence-corrected chi connectivity index (χ0v) is 8.76. The molecule has 0 bridgehead atoms. The standard InChI is InChI=1S/C8H6ClNS2/c1-11-8-10-6-4-2-3-5(9)7(6)12-8/h2-4H,1H3. The Morgan fingerprint density at radius 1 is 1.50 bits per heavy atom. The first-order valence-corrected chi connectivity index (χ1v) is 5.82. The number of rotatable bonds is 1. The molecule has 4 heteroatoms. The molecule has 2 aromatic rings. The molecular formula is C8H6ClNS2. The lowest BCUT2D eigenvalue weighted by Gasteiger charge is -1.87. The van der Waals surface area contributed by atoms with Gasteiger partial charge in [-0.05, 0) is 18.4 Å². The molecule has 1 aromatic carbocycles. The number of thiazole rings is 1. The van der Waals surface area contributed by atoms with Crippen LogP contribution in [0.15, 0.2) is 22.5 Å². The lowest BCUT2D eigenvalue weighted by molar-refractivity contribution is 1.31. The maximum Gasteiger partial charge on any atom is 0.150 e. The zero-order valence-electron chi connectivity index (χ0n) is 6.37. The number of hydrogen-bond donors (Lipinski definition) is 0. The summed E-state index contributed by atoms with van der Waals surface area (Å²) in [4.78, 5) is 4.39. The van der Waals surface area contributed by atoms with E-state index in [4.69, 9.17) is 11.6 Å². The van der Waals surface area contributed by atoms with Gasteiger partial charge in [0, 0.05) is 0 Å². The van der Waals surface area contributed by atoms with Gasteiger partial charge >= 0.3 is 0 Å². The van der Waals surface area contributed by atoms with Crippen molar-refractivity contribution in [3.8, 4) is 0 Å². The number of aromatic nitrogens is 1. The summed E-state index contributed by atoms with van der Waals surface area (Å²) in [5, 5.41) is 0.797. The smallest absolute Gasteiger partial charge is 0.150 e. The molecule has 0 spiro atoms. The fraction of sp³-hybridized carbons (Fsp3) is 0.125. The molecule has 62 valence electrons. The van der Waals surface area contributed by atoms with Gasteiger partial charge in [-0.3, -0.25) is 0 Å². The van der Waals surface area contributed by atoms with Gasteiger partial charge in [-0.25, -0.2) is 4.98 Å². The summed E-state index contributed by atoms with van der Waals surface area (Å²) >= 11 is 9.28. The highest BCUT2D eigenvalue weighted by molar-refractivity contribution is 8.00. The second-order valence-electron chi connectivity index (χ2n) is 2.27. The molecule has 1 heterocycles. The Balaban J connectivity index is 2.74. The van der Waals surface area contributed by atoms with Crippen molar-refractivity contribution in [3.05, 3.63) is 23.2 Å². The molecule has 0 atom stereocenters. The average molecular weight is 216 g/mol. The topological polar surface area (TPSA) is 12.9 Å². The van der Waals surface area contributed by atoms with Crippen LogP contribution < -0.4 is 0 Å². The highest BCUT2D eigenvalue weighted by Crippen LogP contribution is 2.32. The van der Waals surface area contributed by atoms with E-state index in [1.165, 1.54) is 0 Å². The second-order valence-corrected chi connectivity index (χ2v) is 4.73. The van der Waals surface area contributed by atoms with E-state index in [9.17, 15) is 0 Å². The van der Waals surface area contributed by atoms with Crippen molar-refractivity contribution in [3.63, 3.8) is 0 Å². The SMILES string of the molecule is CSc1nc2cccc(Cl)c2s1. The van der Waals surface area contributed by atoms with E-state index in [1.807, 2.05) is 24.5 Å². The van der Waals surface area contributed by atoms with Crippen molar-refractivity contribution in [2.75, 3.05) is 6.26 Å². The summed E-state index contributed by atoms with van der Waals surface area (Å²) in [5.41, 5.74) is 0.997. The summed E-state index contributed by atoms with van der Waals surface area (Å²) in [7, 11) is 0. The number of fused-ring (bicyclic) bond motifs is 1. The van der Waals surface area contributed by atoms with Gasteiger partial charge in [0.15, 0.2) is 4.34 Å². The summed E-state index contributed by atoms with van der Waals surface area (Å²) in [6.07, 6.45) is 2.02. The number of hydrogen-bond acceptors (Lipinski definition) is 3. The largest absolute Gasteiger partial charge is 0.230 e. The summed E-state index contributed by atoms with van der Waals surface area (Å²) < 4.78 is 2.15. The normalized spacial score (nSPS) is 10.8. The predicted octanol–water partition coefficient (Wildman–Crippen LogP) is 3.67. The molecule has 0 amide bonds. The minimum Gasteiger partial charge on any atom is -0.230 e. The van der Waals surface area contributed by atoms with Crippen LogP contribution in [0.5, 0.6) is 0 Å². The van der Waals surface area contributed by atoms with Crippen LogP contribution in [0.2, 0.25) is 5.02 Å². The molecule has 0 fully saturated rings. The van der Waals surface area contributed by atoms with Crippen molar-refractivity contribution < 1.29 is 0 Å². The molecule has 1 aromatic heterocycles. The van der Waals surface area contributed by atoms with E-state index in [1.54, 1.807) is 23.1 Å². The monoisotopic (exact) mass is 215 g/mol. The third-order valence-corrected chi connectivity index (χ3v) is 4.04. The fourth-order valence-corrected chi connectivity index (χ4v) is 2.74. The third-order valence-electron chi connectivity index (χ3n) is 1.52. The first kappa shape index (κ1) is 8.35. The molecule has 0 aliphatic rings. The molecule has 12 heavy (non-hydrogen) atoms. The molecule has 2 rings (SSSR count). The van der Waals surface area contributed by atoms with Gasteiger partial charge in [0.1, 0.15) is 0 Å². The van der Waals surface area contributed by atoms with Gasteiger partial charge in [-0.15, -0.1) is 11.3 Å². The Morgan fingerprint density at radius 3 is 3.00 bits per heavy atom. The van der Waals surface area contributed by atoms with Gasteiger partial charge in [0.2, 0.25) is 0 Å². The van der Waals surface area contributed by atoms with Crippen LogP contribution >= 0.6 is 34.7 Å². The van der Waals surface area contributed by atoms with Crippen molar-refractivity contribution in [1.29, 1.82) is 0 Å². The van der Waals surface area contributed by atoms with Crippen LogP contribution in [0.1, 0.15) is 0 Å². The Bertz CT molecular complexity index is 410. The minimum atomic E-state index is 0.797. The lowest BCUT2D eigenvalue weighted by atomic mass is 10.3. The van der Waals surface area contributed by atoms with E-state index >= 15 is 0 Å². The van der Waals surface area contributed by atoms with E-state index < -0.39 is 0 Å². The molecule has 0 saturated heterocycles. The summed E-state index contributed by atoms with van der Waals surface area (Å²) in [6, 6.07) is 5.80. The van der Waals surface area contributed by atoms with Crippen LogP contribution in [0.25, 0.3) is 10.2 Å². The Hall–Kier alpha value is -0.250. The van der Waals surface area contributed by atoms with Gasteiger partial charge in [-0.2, -0.15) is 0 Å². The fourth-order valence-electron chi connectivity index (χ4n) is 0.982. The van der Waals surface area contributed by atoms with E-state index in [2.05, 4.69) is 4.98 Å². The maximum atomic E-state index is 5.99. The van der Waals surface area contributed by atoms with Crippen molar-refractivity contribution in [2.45, 2.75) is 4.34 Å². The van der Waals surface area contributed by atoms with Crippen molar-refractivity contribution in [1.82, 2.24) is 4.98 Å². The number of thioether (sulfide) groups is 1. The molecule has 0 aliphatic heterocycles. The second kappa shape index (κ2) is 3.24. The lowest BCUT2D eigenvalue weighted by Crippen LogP contribution is -1.67. The maximum absolute atomic E-state index is 5.99. The number of halogens is 1. The van der Waals surface area contributed by atoms with E-state index in [-0.39, 0.29) is 0 Å². The molecule has 0 N–H and O–H groups in total. The van der Waals surface area contributed by atoms with Gasteiger partial charge in [0.05, 0.1) is 15.2 Å². The first-order valence-electron chi connectivity index (χ1n) is 3.40. The highest BCUT2D eigenvalue weighted by atomic mass is 35.5. The minimum absolute atomic E-state index is 0.797. The highest BCUT2D eigenvalue weighted by Gasteiger charge is 2.04. The van der Waals surface area contributed by atoms with E-state index in [0.29, 0.717) is 0 Å². The Morgan fingerprint density at radius 2 is 2.33 bits per heavy atom. The van der Waals surface area contributed by atoms with E-state index in [0.717, 1.165) is 19.6 Å². The number of nitrogens with zero attached hydrogens (tertiary/aromatic N) is 1. The van der Waals surface area contributed by atoms with Crippen LogP contribution in [-0.2, 0) is 0 Å². The van der Waals surface area contributed by atoms with Crippen molar-refractivity contribution >= 4 is 44.9 Å². The van der Waals surface area contributed by atoms with Crippen molar-refractivity contribution in [2.24, 2.45) is 0 Å². The number of benzene rings is 1. The predicted molar refractivity (Wildman–Crippen MR) is 56.4 cm³/mol. The van der Waals surface area contributed by atoms with Crippen LogP contribution in [-0.4, -0.2) is 11.2 Å². The first-order chi connectivity index (χ1) is 5.81. The van der Waals surface area contributed by atoms with Gasteiger partial charge in [0.25, 0.3) is 0 Å². The van der Waals surface area contributed by atoms with Crippen LogP contribution in [0.3, 0.4) is 0 Å². The quantitative estimate of drug-likeness (QED) is 0.674. The van der Waals surface area contributed by atoms with Gasteiger partial charge in [-0.1, -0.05) is 29.4 Å². The molecular weight excluding hydrogens is 210 g/mol. The van der Waals surface area contributed by atoms with Crippen LogP contribution in [0.4, 0.5) is 0 Å². The summed E-state index contributed by atoms with van der Waals surface area (Å²) in [5.74, 6) is 0. The molecule has 0 saturated carbocycles. The van der Waals surface area contributed by atoms with Gasteiger partial charge < -0.3 is 0 Å². The average Bonchev–Trinajstić information content (AvgIpc) is 2.49. The molecule has 0 radical (unpaired) electrons. The Kier molecular flexibility index (Phi) is 2.26. The van der Waals surface area contributed by atoms with Crippen LogP contribution in [0, 0.1) is 0 Å².